The van der Waals surface area contributed by atoms with Crippen LogP contribution >= 0.6 is 0 Å². The van der Waals surface area contributed by atoms with Crippen molar-refractivity contribution in [1.82, 2.24) is 10.7 Å². The minimum atomic E-state index is -0.172. The Morgan fingerprint density at radius 3 is 2.63 bits per heavy atom. The van der Waals surface area contributed by atoms with Gasteiger partial charge in [-0.15, -0.1) is 0 Å². The van der Waals surface area contributed by atoms with E-state index in [-0.39, 0.29) is 24.5 Å². The summed E-state index contributed by atoms with van der Waals surface area (Å²) < 4.78 is 11.0. The SMILES string of the molecule is O=C(COc1ccc(/C=N\NC(=O)CCc2ccccc2)cc1)NC[C@H]1CCCO1. The van der Waals surface area contributed by atoms with Gasteiger partial charge in [0, 0.05) is 19.6 Å². The summed E-state index contributed by atoms with van der Waals surface area (Å²) in [6, 6.07) is 17.0. The summed E-state index contributed by atoms with van der Waals surface area (Å²) >= 11 is 0. The van der Waals surface area contributed by atoms with Gasteiger partial charge in [-0.25, -0.2) is 5.43 Å². The van der Waals surface area contributed by atoms with E-state index in [9.17, 15) is 9.59 Å². The minimum Gasteiger partial charge on any atom is -0.484 e. The number of nitrogens with zero attached hydrogens (tertiary/aromatic N) is 1. The molecule has 0 unspecified atom stereocenters. The Balaban J connectivity index is 1.33. The molecule has 7 heteroatoms. The molecular weight excluding hydrogens is 382 g/mol. The van der Waals surface area contributed by atoms with Crippen molar-refractivity contribution >= 4 is 18.0 Å². The number of carbonyl (C=O) groups is 2. The molecule has 2 aromatic rings. The van der Waals surface area contributed by atoms with Gasteiger partial charge >= 0.3 is 0 Å². The molecule has 1 heterocycles. The zero-order valence-electron chi connectivity index (χ0n) is 16.9. The Hall–Kier alpha value is -3.19. The number of rotatable bonds is 10. The van der Waals surface area contributed by atoms with Gasteiger partial charge in [-0.05, 0) is 54.7 Å². The number of ether oxygens (including phenoxy) is 2. The van der Waals surface area contributed by atoms with E-state index in [1.165, 1.54) is 0 Å². The van der Waals surface area contributed by atoms with Gasteiger partial charge in [0.1, 0.15) is 5.75 Å². The number of aryl methyl sites for hydroxylation is 1. The Morgan fingerprint density at radius 2 is 1.90 bits per heavy atom. The van der Waals surface area contributed by atoms with E-state index >= 15 is 0 Å². The molecule has 1 fully saturated rings. The number of carbonyl (C=O) groups excluding carboxylic acids is 2. The molecule has 0 aliphatic carbocycles. The van der Waals surface area contributed by atoms with Crippen LogP contribution in [0.4, 0.5) is 0 Å². The summed E-state index contributed by atoms with van der Waals surface area (Å²) in [6.07, 6.45) is 4.77. The third-order valence-electron chi connectivity index (χ3n) is 4.69. The fourth-order valence-electron chi connectivity index (χ4n) is 3.02. The predicted molar refractivity (Wildman–Crippen MR) is 114 cm³/mol. The van der Waals surface area contributed by atoms with Crippen LogP contribution in [0.25, 0.3) is 0 Å². The van der Waals surface area contributed by atoms with Crippen LogP contribution in [-0.4, -0.2) is 43.9 Å². The number of hydrogen-bond acceptors (Lipinski definition) is 5. The van der Waals surface area contributed by atoms with Crippen LogP contribution < -0.4 is 15.5 Å². The molecule has 1 atom stereocenters. The van der Waals surface area contributed by atoms with Gasteiger partial charge < -0.3 is 14.8 Å². The summed E-state index contributed by atoms with van der Waals surface area (Å²) in [5.74, 6) is 0.282. The van der Waals surface area contributed by atoms with Crippen LogP contribution in [0.1, 0.15) is 30.4 Å². The molecule has 0 aromatic heterocycles. The van der Waals surface area contributed by atoms with Crippen LogP contribution in [0.2, 0.25) is 0 Å². The molecule has 3 rings (SSSR count). The van der Waals surface area contributed by atoms with Crippen molar-refractivity contribution < 1.29 is 19.1 Å². The summed E-state index contributed by atoms with van der Waals surface area (Å²) in [5.41, 5.74) is 4.46. The minimum absolute atomic E-state index is 0.0440. The molecule has 2 amide bonds. The summed E-state index contributed by atoms with van der Waals surface area (Å²) in [5, 5.41) is 6.79. The van der Waals surface area contributed by atoms with Gasteiger partial charge in [0.05, 0.1) is 12.3 Å². The van der Waals surface area contributed by atoms with Crippen molar-refractivity contribution in [2.75, 3.05) is 19.8 Å². The molecule has 1 saturated heterocycles. The second-order valence-corrected chi connectivity index (χ2v) is 7.08. The van der Waals surface area contributed by atoms with E-state index in [1.807, 2.05) is 30.3 Å². The van der Waals surface area contributed by atoms with Gasteiger partial charge in [-0.1, -0.05) is 30.3 Å². The van der Waals surface area contributed by atoms with Gasteiger partial charge in [0.25, 0.3) is 5.91 Å². The molecule has 158 valence electrons. The largest absolute Gasteiger partial charge is 0.484 e. The zero-order chi connectivity index (χ0) is 21.0. The van der Waals surface area contributed by atoms with Crippen LogP contribution in [0.5, 0.6) is 5.75 Å². The first kappa shape index (κ1) is 21.5. The predicted octanol–water partition coefficient (Wildman–Crippen LogP) is 2.44. The highest BCUT2D eigenvalue weighted by Gasteiger charge is 2.16. The molecule has 30 heavy (non-hydrogen) atoms. The maximum absolute atomic E-state index is 11.9. The number of hydrazone groups is 1. The van der Waals surface area contributed by atoms with E-state index in [0.29, 0.717) is 25.1 Å². The van der Waals surface area contributed by atoms with Crippen LogP contribution in [-0.2, 0) is 20.7 Å². The number of amides is 2. The lowest BCUT2D eigenvalue weighted by Gasteiger charge is -2.11. The average Bonchev–Trinajstić information content (AvgIpc) is 3.30. The van der Waals surface area contributed by atoms with Gasteiger partial charge in [-0.2, -0.15) is 5.10 Å². The molecule has 1 aliphatic heterocycles. The first-order valence-electron chi connectivity index (χ1n) is 10.2. The lowest BCUT2D eigenvalue weighted by molar-refractivity contribution is -0.123. The van der Waals surface area contributed by atoms with Crippen molar-refractivity contribution in [2.24, 2.45) is 5.10 Å². The summed E-state index contributed by atoms with van der Waals surface area (Å²) in [6.45, 7) is 1.25. The molecule has 7 nitrogen and oxygen atoms in total. The van der Waals surface area contributed by atoms with Crippen LogP contribution in [0.3, 0.4) is 0 Å². The topological polar surface area (TPSA) is 89.0 Å². The number of benzene rings is 2. The molecular formula is C23H27N3O4. The molecule has 1 aliphatic rings. The Bertz CT molecular complexity index is 831. The first-order chi connectivity index (χ1) is 14.7. The van der Waals surface area contributed by atoms with Crippen molar-refractivity contribution in [1.29, 1.82) is 0 Å². The van der Waals surface area contributed by atoms with Crippen LogP contribution in [0.15, 0.2) is 59.7 Å². The average molecular weight is 409 g/mol. The van der Waals surface area contributed by atoms with Crippen molar-refractivity contribution in [3.63, 3.8) is 0 Å². The number of hydrogen-bond donors (Lipinski definition) is 2. The fraction of sp³-hybridized carbons (Fsp3) is 0.348. The Morgan fingerprint density at radius 1 is 1.10 bits per heavy atom. The third kappa shape index (κ3) is 7.67. The summed E-state index contributed by atoms with van der Waals surface area (Å²) in [4.78, 5) is 23.7. The normalized spacial score (nSPS) is 15.8. The van der Waals surface area contributed by atoms with Gasteiger partial charge in [0.15, 0.2) is 6.61 Å². The van der Waals surface area contributed by atoms with E-state index in [0.717, 1.165) is 30.6 Å². The molecule has 0 bridgehead atoms. The zero-order valence-corrected chi connectivity index (χ0v) is 16.9. The lowest BCUT2D eigenvalue weighted by atomic mass is 10.1. The standard InChI is InChI=1S/C23H27N3O4/c27-22(13-10-18-5-2-1-3-6-18)26-25-15-19-8-11-20(12-9-19)30-17-23(28)24-16-21-7-4-14-29-21/h1-3,5-6,8-9,11-12,15,21H,4,7,10,13-14,16-17H2,(H,24,28)(H,26,27)/b25-15-/t21-/m1/s1. The maximum Gasteiger partial charge on any atom is 0.258 e. The van der Waals surface area contributed by atoms with Crippen LogP contribution in [0, 0.1) is 0 Å². The van der Waals surface area contributed by atoms with E-state index in [4.69, 9.17) is 9.47 Å². The monoisotopic (exact) mass is 409 g/mol. The quantitative estimate of drug-likeness (QED) is 0.466. The maximum atomic E-state index is 11.9. The smallest absolute Gasteiger partial charge is 0.258 e. The second-order valence-electron chi connectivity index (χ2n) is 7.08. The highest BCUT2D eigenvalue weighted by atomic mass is 16.5. The van der Waals surface area contributed by atoms with E-state index < -0.39 is 0 Å². The van der Waals surface area contributed by atoms with Crippen molar-refractivity contribution in [3.8, 4) is 5.75 Å². The first-order valence-corrected chi connectivity index (χ1v) is 10.2. The molecule has 2 aromatic carbocycles. The highest BCUT2D eigenvalue weighted by Crippen LogP contribution is 2.12. The van der Waals surface area contributed by atoms with Crippen molar-refractivity contribution in [3.05, 3.63) is 65.7 Å². The van der Waals surface area contributed by atoms with E-state index in [1.54, 1.807) is 30.5 Å². The van der Waals surface area contributed by atoms with Gasteiger partial charge in [0.2, 0.25) is 5.91 Å². The lowest BCUT2D eigenvalue weighted by Crippen LogP contribution is -2.35. The Labute approximate surface area is 176 Å². The highest BCUT2D eigenvalue weighted by molar-refractivity contribution is 5.82. The van der Waals surface area contributed by atoms with E-state index in [2.05, 4.69) is 15.8 Å². The molecule has 0 radical (unpaired) electrons. The third-order valence-corrected chi connectivity index (χ3v) is 4.69. The summed E-state index contributed by atoms with van der Waals surface area (Å²) in [7, 11) is 0. The van der Waals surface area contributed by atoms with Gasteiger partial charge in [-0.3, -0.25) is 9.59 Å². The molecule has 2 N–H and O–H groups in total. The van der Waals surface area contributed by atoms with Crippen molar-refractivity contribution in [2.45, 2.75) is 31.8 Å². The number of nitrogens with one attached hydrogen (secondary N) is 2. The molecule has 0 spiro atoms. The molecule has 0 saturated carbocycles. The second kappa shape index (κ2) is 11.7. The Kier molecular flexibility index (Phi) is 8.41. The fourth-order valence-corrected chi connectivity index (χ4v) is 3.02.